The smallest absolute Gasteiger partial charge is 0.229 e. The van der Waals surface area contributed by atoms with Gasteiger partial charge in [-0.1, -0.05) is 18.2 Å². The van der Waals surface area contributed by atoms with Gasteiger partial charge in [0, 0.05) is 16.8 Å². The Morgan fingerprint density at radius 2 is 2.04 bits per heavy atom. The van der Waals surface area contributed by atoms with Crippen LogP contribution in [0, 0.1) is 0 Å². The highest BCUT2D eigenvalue weighted by atomic mass is 32.1. The first-order valence-electron chi connectivity index (χ1n) is 7.15. The number of amides is 1. The molecule has 3 aromatic rings. The predicted octanol–water partition coefficient (Wildman–Crippen LogP) is 4.69. The Balaban J connectivity index is 1.67. The second-order valence-electron chi connectivity index (χ2n) is 4.94. The van der Waals surface area contributed by atoms with Crippen LogP contribution in [0.15, 0.2) is 53.1 Å². The van der Waals surface area contributed by atoms with Gasteiger partial charge in [0.1, 0.15) is 5.01 Å². The van der Waals surface area contributed by atoms with Crippen molar-refractivity contribution in [1.82, 2.24) is 9.88 Å². The summed E-state index contributed by atoms with van der Waals surface area (Å²) in [5.74, 6) is 0.0846. The van der Waals surface area contributed by atoms with Gasteiger partial charge >= 0.3 is 0 Å². The summed E-state index contributed by atoms with van der Waals surface area (Å²) in [5, 5.41) is 7.02. The topological polar surface area (TPSA) is 33.2 Å². The lowest BCUT2D eigenvalue weighted by molar-refractivity contribution is -0.130. The van der Waals surface area contributed by atoms with E-state index < -0.39 is 0 Å². The molecule has 3 nitrogen and oxygen atoms in total. The summed E-state index contributed by atoms with van der Waals surface area (Å²) in [7, 11) is 0. The minimum absolute atomic E-state index is 0.0846. The van der Waals surface area contributed by atoms with Crippen molar-refractivity contribution in [3.05, 3.63) is 63.6 Å². The van der Waals surface area contributed by atoms with Gasteiger partial charge in [0.15, 0.2) is 0 Å². The van der Waals surface area contributed by atoms with E-state index in [9.17, 15) is 4.79 Å². The molecule has 0 aromatic carbocycles. The van der Waals surface area contributed by atoms with E-state index >= 15 is 0 Å². The Morgan fingerprint density at radius 3 is 2.74 bits per heavy atom. The van der Waals surface area contributed by atoms with Crippen molar-refractivity contribution in [3.8, 4) is 9.88 Å². The van der Waals surface area contributed by atoms with Crippen LogP contribution < -0.4 is 0 Å². The minimum atomic E-state index is 0.0846. The van der Waals surface area contributed by atoms with Gasteiger partial charge in [0.2, 0.25) is 5.91 Å². The quantitative estimate of drug-likeness (QED) is 0.573. The third-order valence-corrected chi connectivity index (χ3v) is 6.04. The molecule has 0 saturated carbocycles. The summed E-state index contributed by atoms with van der Waals surface area (Å²) in [5.41, 5.74) is 0.837. The molecule has 0 unspecified atom stereocenters. The molecule has 0 aliphatic heterocycles. The number of carbonyl (C=O) groups is 1. The van der Waals surface area contributed by atoms with Gasteiger partial charge in [-0.2, -0.15) is 0 Å². The van der Waals surface area contributed by atoms with Crippen molar-refractivity contribution >= 4 is 39.9 Å². The zero-order chi connectivity index (χ0) is 16.1. The standard InChI is InChI=1S/C17H16N2OS3/c1-2-7-19(11-14-5-3-8-21-14)16(20)10-13-12-23-17(18-13)15-6-4-9-22-15/h2-6,8-9,12H,1,7,10-11H2. The zero-order valence-electron chi connectivity index (χ0n) is 12.5. The molecule has 3 aromatic heterocycles. The molecule has 3 rings (SSSR count). The Hall–Kier alpha value is -1.76. The van der Waals surface area contributed by atoms with Crippen LogP contribution in [0.1, 0.15) is 10.6 Å². The molecule has 118 valence electrons. The lowest BCUT2D eigenvalue weighted by atomic mass is 10.3. The van der Waals surface area contributed by atoms with Gasteiger partial charge in [0.05, 0.1) is 23.5 Å². The summed E-state index contributed by atoms with van der Waals surface area (Å²) in [4.78, 5) is 21.3. The summed E-state index contributed by atoms with van der Waals surface area (Å²) in [6.07, 6.45) is 2.10. The number of thiazole rings is 1. The number of hydrogen-bond acceptors (Lipinski definition) is 5. The molecule has 0 aliphatic carbocycles. The van der Waals surface area contributed by atoms with Crippen LogP contribution in [0.5, 0.6) is 0 Å². The summed E-state index contributed by atoms with van der Waals surface area (Å²) >= 11 is 4.92. The number of thiophene rings is 2. The number of aromatic nitrogens is 1. The zero-order valence-corrected chi connectivity index (χ0v) is 14.9. The van der Waals surface area contributed by atoms with E-state index in [0.29, 0.717) is 19.5 Å². The van der Waals surface area contributed by atoms with Gasteiger partial charge < -0.3 is 4.90 Å². The van der Waals surface area contributed by atoms with E-state index in [1.807, 2.05) is 39.2 Å². The largest absolute Gasteiger partial charge is 0.334 e. The first kappa shape index (κ1) is 16.1. The first-order valence-corrected chi connectivity index (χ1v) is 9.79. The van der Waals surface area contributed by atoms with Gasteiger partial charge in [-0.25, -0.2) is 4.98 Å². The molecule has 6 heteroatoms. The van der Waals surface area contributed by atoms with Crippen molar-refractivity contribution in [2.45, 2.75) is 13.0 Å². The van der Waals surface area contributed by atoms with Gasteiger partial charge in [-0.3, -0.25) is 4.79 Å². The average molecular weight is 361 g/mol. The van der Waals surface area contributed by atoms with Crippen LogP contribution in [0.2, 0.25) is 0 Å². The van der Waals surface area contributed by atoms with Crippen LogP contribution in [-0.4, -0.2) is 22.3 Å². The van der Waals surface area contributed by atoms with Crippen molar-refractivity contribution in [2.75, 3.05) is 6.54 Å². The third-order valence-electron chi connectivity index (χ3n) is 3.25. The van der Waals surface area contributed by atoms with Crippen LogP contribution in [0.4, 0.5) is 0 Å². The van der Waals surface area contributed by atoms with Gasteiger partial charge in [-0.15, -0.1) is 40.6 Å². The fourth-order valence-electron chi connectivity index (χ4n) is 2.17. The molecule has 0 fully saturated rings. The maximum Gasteiger partial charge on any atom is 0.229 e. The normalized spacial score (nSPS) is 10.6. The highest BCUT2D eigenvalue weighted by Crippen LogP contribution is 2.28. The molecule has 3 heterocycles. The van der Waals surface area contributed by atoms with E-state index in [1.165, 1.54) is 4.88 Å². The van der Waals surface area contributed by atoms with Crippen LogP contribution >= 0.6 is 34.0 Å². The highest BCUT2D eigenvalue weighted by Gasteiger charge is 2.16. The summed E-state index contributed by atoms with van der Waals surface area (Å²) in [6.45, 7) is 4.94. The number of rotatable bonds is 7. The molecule has 0 spiro atoms. The number of nitrogens with zero attached hydrogens (tertiary/aromatic N) is 2. The first-order chi connectivity index (χ1) is 11.3. The predicted molar refractivity (Wildman–Crippen MR) is 99.1 cm³/mol. The fourth-order valence-corrected chi connectivity index (χ4v) is 4.52. The molecule has 23 heavy (non-hydrogen) atoms. The molecule has 0 radical (unpaired) electrons. The lowest BCUT2D eigenvalue weighted by Crippen LogP contribution is -2.31. The third kappa shape index (κ3) is 4.16. The van der Waals surface area contributed by atoms with Crippen LogP contribution in [0.3, 0.4) is 0 Å². The second kappa shape index (κ2) is 7.68. The number of hydrogen-bond donors (Lipinski definition) is 0. The molecule has 0 N–H and O–H groups in total. The van der Waals surface area contributed by atoms with Gasteiger partial charge in [-0.05, 0) is 22.9 Å². The molecule has 0 atom stereocenters. The Kier molecular flexibility index (Phi) is 5.38. The molecular formula is C17H16N2OS3. The summed E-state index contributed by atoms with van der Waals surface area (Å²) < 4.78 is 0. The molecule has 0 aliphatic rings. The Morgan fingerprint density at radius 1 is 1.22 bits per heavy atom. The van der Waals surface area contributed by atoms with Gasteiger partial charge in [0.25, 0.3) is 0 Å². The van der Waals surface area contributed by atoms with E-state index in [0.717, 1.165) is 15.6 Å². The van der Waals surface area contributed by atoms with Crippen molar-refractivity contribution in [3.63, 3.8) is 0 Å². The Bertz CT molecular complexity index is 760. The average Bonchev–Trinajstić information content (AvgIpc) is 3.29. The van der Waals surface area contributed by atoms with Crippen molar-refractivity contribution < 1.29 is 4.79 Å². The molecule has 0 saturated heterocycles. The maximum absolute atomic E-state index is 12.6. The van der Waals surface area contributed by atoms with E-state index in [4.69, 9.17) is 0 Å². The maximum atomic E-state index is 12.6. The van der Waals surface area contributed by atoms with Crippen molar-refractivity contribution in [1.29, 1.82) is 0 Å². The SMILES string of the molecule is C=CCN(Cc1cccs1)C(=O)Cc1csc(-c2cccs2)n1. The second-order valence-corrected chi connectivity index (χ2v) is 7.78. The molecule has 1 amide bonds. The van der Waals surface area contributed by atoms with E-state index in [-0.39, 0.29) is 5.91 Å². The fraction of sp³-hybridized carbons (Fsp3) is 0.176. The van der Waals surface area contributed by atoms with Crippen molar-refractivity contribution in [2.24, 2.45) is 0 Å². The number of carbonyl (C=O) groups excluding carboxylic acids is 1. The van der Waals surface area contributed by atoms with E-state index in [1.54, 1.807) is 40.1 Å². The Labute approximate surface area is 147 Å². The minimum Gasteiger partial charge on any atom is -0.334 e. The van der Waals surface area contributed by atoms with E-state index in [2.05, 4.69) is 17.6 Å². The van der Waals surface area contributed by atoms with Crippen LogP contribution in [-0.2, 0) is 17.8 Å². The van der Waals surface area contributed by atoms with Crippen LogP contribution in [0.25, 0.3) is 9.88 Å². The molecule has 0 bridgehead atoms. The molecular weight excluding hydrogens is 344 g/mol. The lowest BCUT2D eigenvalue weighted by Gasteiger charge is -2.20. The highest BCUT2D eigenvalue weighted by molar-refractivity contribution is 7.20. The summed E-state index contributed by atoms with van der Waals surface area (Å²) in [6, 6.07) is 8.12. The monoisotopic (exact) mass is 360 g/mol.